The second kappa shape index (κ2) is 4.99. The molecule has 6 nitrogen and oxygen atoms in total. The molecule has 1 aromatic rings. The van der Waals surface area contributed by atoms with Crippen molar-refractivity contribution in [3.05, 3.63) is 18.3 Å². The molecule has 0 saturated carbocycles. The molecule has 0 aromatic carbocycles. The first-order valence-corrected chi connectivity index (χ1v) is 6.80. The molecule has 1 saturated heterocycles. The van der Waals surface area contributed by atoms with Gasteiger partial charge in [0.05, 0.1) is 13.2 Å². The molecular formula is C10H14N2O4S. The van der Waals surface area contributed by atoms with E-state index in [1.165, 1.54) is 18.3 Å². The number of hydrogen-bond acceptors (Lipinski definition) is 5. The van der Waals surface area contributed by atoms with Gasteiger partial charge in [-0.25, -0.2) is 18.5 Å². The van der Waals surface area contributed by atoms with Crippen LogP contribution in [0.3, 0.4) is 0 Å². The average molecular weight is 258 g/mol. The van der Waals surface area contributed by atoms with Gasteiger partial charge in [-0.1, -0.05) is 0 Å². The largest absolute Gasteiger partial charge is 0.476 e. The third kappa shape index (κ3) is 3.15. The van der Waals surface area contributed by atoms with E-state index in [0.717, 1.165) is 13.0 Å². The monoisotopic (exact) mass is 258 g/mol. The first-order chi connectivity index (χ1) is 8.07. The molecule has 2 heterocycles. The molecule has 0 spiro atoms. The molecule has 2 rings (SSSR count). The van der Waals surface area contributed by atoms with Gasteiger partial charge in [0.2, 0.25) is 15.9 Å². The van der Waals surface area contributed by atoms with Crippen LogP contribution in [0.2, 0.25) is 0 Å². The number of aromatic nitrogens is 1. The maximum atomic E-state index is 11.3. The van der Waals surface area contributed by atoms with Crippen LogP contribution in [0.1, 0.15) is 6.42 Å². The molecule has 1 fully saturated rings. The minimum Gasteiger partial charge on any atom is -0.476 e. The Kier molecular flexibility index (Phi) is 3.60. The van der Waals surface area contributed by atoms with Crippen molar-refractivity contribution in [2.75, 3.05) is 19.8 Å². The highest BCUT2D eigenvalue weighted by Gasteiger charge is 2.20. The number of sulfonamides is 1. The summed E-state index contributed by atoms with van der Waals surface area (Å²) in [6, 6.07) is 2.88. The molecule has 0 radical (unpaired) electrons. The highest BCUT2D eigenvalue weighted by atomic mass is 32.2. The van der Waals surface area contributed by atoms with E-state index in [1.54, 1.807) is 0 Å². The lowest BCUT2D eigenvalue weighted by atomic mass is 10.1. The van der Waals surface area contributed by atoms with Gasteiger partial charge in [0.1, 0.15) is 4.90 Å². The Labute approximate surface area is 99.8 Å². The number of ether oxygens (including phenoxy) is 2. The smallest absolute Gasteiger partial charge is 0.243 e. The lowest BCUT2D eigenvalue weighted by molar-refractivity contribution is 0.164. The van der Waals surface area contributed by atoms with Gasteiger partial charge in [-0.2, -0.15) is 0 Å². The molecule has 0 amide bonds. The molecule has 17 heavy (non-hydrogen) atoms. The van der Waals surface area contributed by atoms with Crippen LogP contribution in [0.15, 0.2) is 23.2 Å². The van der Waals surface area contributed by atoms with Crippen LogP contribution < -0.4 is 9.88 Å². The number of primary sulfonamides is 1. The van der Waals surface area contributed by atoms with E-state index in [4.69, 9.17) is 14.6 Å². The summed E-state index contributed by atoms with van der Waals surface area (Å²) in [5, 5.41) is 5.07. The van der Waals surface area contributed by atoms with Crippen molar-refractivity contribution < 1.29 is 17.9 Å². The van der Waals surface area contributed by atoms with Crippen molar-refractivity contribution in [2.45, 2.75) is 11.3 Å². The zero-order valence-electron chi connectivity index (χ0n) is 9.20. The highest BCUT2D eigenvalue weighted by molar-refractivity contribution is 7.89. The van der Waals surface area contributed by atoms with Gasteiger partial charge in [0.25, 0.3) is 0 Å². The van der Waals surface area contributed by atoms with Crippen LogP contribution in [0.25, 0.3) is 0 Å². The summed E-state index contributed by atoms with van der Waals surface area (Å²) in [5.74, 6) is 0.340. The molecule has 7 heteroatoms. The van der Waals surface area contributed by atoms with Gasteiger partial charge >= 0.3 is 0 Å². The number of nitrogens with zero attached hydrogens (tertiary/aromatic N) is 1. The Morgan fingerprint density at radius 1 is 1.59 bits per heavy atom. The van der Waals surface area contributed by atoms with Gasteiger partial charge in [0.15, 0.2) is 0 Å². The SMILES string of the molecule is NS(=O)(=O)c1cccnc1OCC1CCOC1. The number of nitrogens with two attached hydrogens (primary N) is 1. The van der Waals surface area contributed by atoms with Gasteiger partial charge in [0, 0.05) is 18.7 Å². The molecular weight excluding hydrogens is 244 g/mol. The van der Waals surface area contributed by atoms with Gasteiger partial charge < -0.3 is 9.47 Å². The second-order valence-corrected chi connectivity index (χ2v) is 5.42. The van der Waals surface area contributed by atoms with E-state index in [9.17, 15) is 8.42 Å². The maximum Gasteiger partial charge on any atom is 0.243 e. The Bertz CT molecular complexity index is 483. The van der Waals surface area contributed by atoms with Crippen molar-refractivity contribution in [1.82, 2.24) is 4.98 Å². The number of pyridine rings is 1. The quantitative estimate of drug-likeness (QED) is 0.829. The topological polar surface area (TPSA) is 91.5 Å². The Hall–Kier alpha value is -1.18. The molecule has 1 atom stereocenters. The predicted octanol–water partition coefficient (Wildman–Crippen LogP) is 0.144. The van der Waals surface area contributed by atoms with Crippen LogP contribution in [-0.4, -0.2) is 33.2 Å². The summed E-state index contributed by atoms with van der Waals surface area (Å²) in [7, 11) is -3.80. The standard InChI is InChI=1S/C10H14N2O4S/c11-17(13,14)9-2-1-4-12-10(9)16-7-8-3-5-15-6-8/h1-2,4,8H,3,5-7H2,(H2,11,13,14). The van der Waals surface area contributed by atoms with Crippen molar-refractivity contribution >= 4 is 10.0 Å². The van der Waals surface area contributed by atoms with Crippen molar-refractivity contribution in [3.8, 4) is 5.88 Å². The average Bonchev–Trinajstić information content (AvgIpc) is 2.78. The van der Waals surface area contributed by atoms with E-state index in [-0.39, 0.29) is 16.7 Å². The summed E-state index contributed by atoms with van der Waals surface area (Å²) in [4.78, 5) is 3.80. The van der Waals surface area contributed by atoms with Crippen LogP contribution in [0.5, 0.6) is 5.88 Å². The van der Waals surface area contributed by atoms with Crippen LogP contribution in [0, 0.1) is 5.92 Å². The van der Waals surface area contributed by atoms with Crippen LogP contribution in [-0.2, 0) is 14.8 Å². The summed E-state index contributed by atoms with van der Waals surface area (Å²) in [6.07, 6.45) is 2.38. The molecule has 94 valence electrons. The Morgan fingerprint density at radius 3 is 3.06 bits per heavy atom. The normalized spacial score (nSPS) is 20.4. The van der Waals surface area contributed by atoms with E-state index < -0.39 is 10.0 Å². The van der Waals surface area contributed by atoms with Crippen molar-refractivity contribution in [3.63, 3.8) is 0 Å². The first kappa shape index (κ1) is 12.3. The lowest BCUT2D eigenvalue weighted by Crippen LogP contribution is -2.17. The van der Waals surface area contributed by atoms with Gasteiger partial charge in [-0.05, 0) is 18.6 Å². The van der Waals surface area contributed by atoms with Crippen molar-refractivity contribution in [2.24, 2.45) is 11.1 Å². The molecule has 0 bridgehead atoms. The summed E-state index contributed by atoms with van der Waals surface area (Å²) in [6.45, 7) is 1.75. The third-order valence-corrected chi connectivity index (χ3v) is 3.45. The fraction of sp³-hybridized carbons (Fsp3) is 0.500. The maximum absolute atomic E-state index is 11.3. The minimum absolute atomic E-state index is 0.0573. The summed E-state index contributed by atoms with van der Waals surface area (Å²) < 4.78 is 33.2. The Morgan fingerprint density at radius 2 is 2.41 bits per heavy atom. The fourth-order valence-electron chi connectivity index (χ4n) is 1.61. The van der Waals surface area contributed by atoms with Crippen LogP contribution in [0.4, 0.5) is 0 Å². The molecule has 2 N–H and O–H groups in total. The Balaban J connectivity index is 2.09. The molecule has 0 aliphatic carbocycles. The summed E-state index contributed by atoms with van der Waals surface area (Å²) in [5.41, 5.74) is 0. The zero-order valence-corrected chi connectivity index (χ0v) is 10.0. The fourth-order valence-corrected chi connectivity index (χ4v) is 2.24. The van der Waals surface area contributed by atoms with E-state index >= 15 is 0 Å². The molecule has 1 unspecified atom stereocenters. The number of hydrogen-bond donors (Lipinski definition) is 1. The van der Waals surface area contributed by atoms with Gasteiger partial charge in [-0.3, -0.25) is 0 Å². The molecule has 1 aromatic heterocycles. The second-order valence-electron chi connectivity index (χ2n) is 3.89. The molecule has 1 aliphatic heterocycles. The predicted molar refractivity (Wildman–Crippen MR) is 60.0 cm³/mol. The minimum atomic E-state index is -3.80. The van der Waals surface area contributed by atoms with E-state index in [0.29, 0.717) is 13.2 Å². The highest BCUT2D eigenvalue weighted by Crippen LogP contribution is 2.21. The van der Waals surface area contributed by atoms with Crippen molar-refractivity contribution in [1.29, 1.82) is 0 Å². The zero-order chi connectivity index (χ0) is 12.3. The van der Waals surface area contributed by atoms with E-state index in [1.807, 2.05) is 0 Å². The van der Waals surface area contributed by atoms with Gasteiger partial charge in [-0.15, -0.1) is 0 Å². The first-order valence-electron chi connectivity index (χ1n) is 5.26. The molecule has 1 aliphatic rings. The number of rotatable bonds is 4. The summed E-state index contributed by atoms with van der Waals surface area (Å²) >= 11 is 0. The lowest BCUT2D eigenvalue weighted by Gasteiger charge is -2.11. The van der Waals surface area contributed by atoms with E-state index in [2.05, 4.69) is 4.98 Å². The van der Waals surface area contributed by atoms with Crippen LogP contribution >= 0.6 is 0 Å². The third-order valence-electron chi connectivity index (χ3n) is 2.52.